The Labute approximate surface area is 111 Å². The number of carbonyl (C=O) groups is 1. The molecule has 2 aromatic carbocycles. The molecule has 19 heavy (non-hydrogen) atoms. The van der Waals surface area contributed by atoms with Crippen molar-refractivity contribution in [1.29, 1.82) is 0 Å². The maximum absolute atomic E-state index is 13.0. The first kappa shape index (κ1) is 10.9. The van der Waals surface area contributed by atoms with Crippen molar-refractivity contribution in [2.24, 2.45) is 5.41 Å². The molecule has 94 valence electrons. The molecule has 0 heterocycles. The van der Waals surface area contributed by atoms with Crippen LogP contribution in [0.1, 0.15) is 28.8 Å². The lowest BCUT2D eigenvalue weighted by atomic mass is 10.0. The highest BCUT2D eigenvalue weighted by molar-refractivity contribution is 6.08. The van der Waals surface area contributed by atoms with Gasteiger partial charge in [0, 0.05) is 16.4 Å². The first-order valence-electron chi connectivity index (χ1n) is 6.54. The molecule has 1 nitrogen and oxygen atoms in total. The molecule has 0 N–H and O–H groups in total. The van der Waals surface area contributed by atoms with Crippen molar-refractivity contribution in [3.8, 4) is 0 Å². The first-order valence-corrected chi connectivity index (χ1v) is 6.54. The molecule has 0 unspecified atom stereocenters. The maximum Gasteiger partial charge on any atom is 0.169 e. The average molecular weight is 252 g/mol. The highest BCUT2D eigenvalue weighted by Crippen LogP contribution is 2.86. The Hall–Kier alpha value is -1.96. The average Bonchev–Trinajstić information content (AvgIpc) is 3.27. The van der Waals surface area contributed by atoms with E-state index in [1.54, 1.807) is 0 Å². The van der Waals surface area contributed by atoms with Crippen LogP contribution in [-0.4, -0.2) is 5.78 Å². The Balaban J connectivity index is 1.64. The van der Waals surface area contributed by atoms with Crippen LogP contribution in [0.5, 0.6) is 0 Å². The Morgan fingerprint density at radius 2 is 1.58 bits per heavy atom. The van der Waals surface area contributed by atoms with E-state index in [1.807, 2.05) is 42.5 Å². The van der Waals surface area contributed by atoms with Gasteiger partial charge in [-0.1, -0.05) is 42.5 Å². The quantitative estimate of drug-likeness (QED) is 0.760. The summed E-state index contributed by atoms with van der Waals surface area (Å²) in [5.74, 6) is 0.0267. The molecule has 2 aromatic rings. The molecule has 2 aliphatic carbocycles. The molecule has 0 atom stereocenters. The van der Waals surface area contributed by atoms with E-state index in [9.17, 15) is 9.18 Å². The molecule has 0 aliphatic heterocycles. The molecule has 0 saturated heterocycles. The number of Topliss-reactive ketones (excluding diaryl/α,β-unsaturated/α-hetero) is 1. The molecule has 0 amide bonds. The summed E-state index contributed by atoms with van der Waals surface area (Å²) in [5.41, 5.74) is 1.72. The second kappa shape index (κ2) is 3.32. The summed E-state index contributed by atoms with van der Waals surface area (Å²) in [6.45, 7) is 0. The molecule has 2 fully saturated rings. The van der Waals surface area contributed by atoms with Gasteiger partial charge < -0.3 is 0 Å². The SMILES string of the molecule is O=C(c1ccccc1)C12CC1(c1ccc(F)cc1)C2. The van der Waals surface area contributed by atoms with Crippen LogP contribution in [0.4, 0.5) is 4.39 Å². The minimum atomic E-state index is -0.221. The van der Waals surface area contributed by atoms with Gasteiger partial charge in [0.15, 0.2) is 5.78 Å². The molecular weight excluding hydrogens is 239 g/mol. The second-order valence-electron chi connectivity index (χ2n) is 5.72. The normalized spacial score (nSPS) is 30.6. The van der Waals surface area contributed by atoms with Crippen LogP contribution in [0.3, 0.4) is 0 Å². The lowest BCUT2D eigenvalue weighted by Crippen LogP contribution is -2.07. The number of carbonyl (C=O) groups excluding carboxylic acids is 1. The third-order valence-electron chi connectivity index (χ3n) is 4.74. The summed E-state index contributed by atoms with van der Waals surface area (Å²) in [4.78, 5) is 12.5. The number of hydrogen-bond acceptors (Lipinski definition) is 1. The van der Waals surface area contributed by atoms with Gasteiger partial charge in [0.1, 0.15) is 5.82 Å². The van der Waals surface area contributed by atoms with E-state index in [2.05, 4.69) is 0 Å². The van der Waals surface area contributed by atoms with Gasteiger partial charge in [-0.2, -0.15) is 0 Å². The predicted molar refractivity (Wildman–Crippen MR) is 70.5 cm³/mol. The Bertz CT molecular complexity index is 651. The fourth-order valence-electron chi connectivity index (χ4n) is 3.38. The Morgan fingerprint density at radius 3 is 2.21 bits per heavy atom. The van der Waals surface area contributed by atoms with Crippen molar-refractivity contribution < 1.29 is 9.18 Å². The van der Waals surface area contributed by atoms with Crippen LogP contribution in [-0.2, 0) is 5.41 Å². The molecular formula is C17H13FO. The van der Waals surface area contributed by atoms with E-state index in [0.29, 0.717) is 0 Å². The monoisotopic (exact) mass is 252 g/mol. The molecule has 2 aliphatic rings. The highest BCUT2D eigenvalue weighted by atomic mass is 19.1. The summed E-state index contributed by atoms with van der Waals surface area (Å²) in [7, 11) is 0. The van der Waals surface area contributed by atoms with Gasteiger partial charge >= 0.3 is 0 Å². The number of benzene rings is 2. The molecule has 2 heteroatoms. The molecule has 0 aromatic heterocycles. The van der Waals surface area contributed by atoms with Crippen LogP contribution < -0.4 is 0 Å². The van der Waals surface area contributed by atoms with Crippen molar-refractivity contribution in [2.75, 3.05) is 0 Å². The van der Waals surface area contributed by atoms with Crippen molar-refractivity contribution in [3.05, 3.63) is 71.5 Å². The van der Waals surface area contributed by atoms with E-state index in [-0.39, 0.29) is 22.4 Å². The molecule has 0 bridgehead atoms. The van der Waals surface area contributed by atoms with Gasteiger partial charge in [-0.15, -0.1) is 0 Å². The fraction of sp³-hybridized carbons (Fsp3) is 0.235. The zero-order valence-corrected chi connectivity index (χ0v) is 10.4. The van der Waals surface area contributed by atoms with Crippen molar-refractivity contribution >= 4 is 5.78 Å². The third kappa shape index (κ3) is 1.31. The van der Waals surface area contributed by atoms with E-state index >= 15 is 0 Å². The number of ketones is 1. The van der Waals surface area contributed by atoms with Gasteiger partial charge in [0.05, 0.1) is 0 Å². The van der Waals surface area contributed by atoms with Crippen LogP contribution in [0.25, 0.3) is 0 Å². The summed E-state index contributed by atoms with van der Waals surface area (Å²) >= 11 is 0. The van der Waals surface area contributed by atoms with Crippen LogP contribution in [0, 0.1) is 11.2 Å². The molecule has 0 spiro atoms. The van der Waals surface area contributed by atoms with Gasteiger partial charge in [-0.25, -0.2) is 4.39 Å². The minimum absolute atomic E-state index is 0.00756. The highest BCUT2D eigenvalue weighted by Gasteiger charge is 2.86. The van der Waals surface area contributed by atoms with E-state index < -0.39 is 0 Å². The summed E-state index contributed by atoms with van der Waals surface area (Å²) in [5, 5.41) is 0. The van der Waals surface area contributed by atoms with Crippen molar-refractivity contribution in [3.63, 3.8) is 0 Å². The Kier molecular flexibility index (Phi) is 1.91. The molecule has 2 saturated carbocycles. The summed E-state index contributed by atoms with van der Waals surface area (Å²) in [6.07, 6.45) is 1.83. The number of fused-ring (bicyclic) bond motifs is 1. The van der Waals surface area contributed by atoms with Crippen molar-refractivity contribution in [2.45, 2.75) is 18.3 Å². The third-order valence-corrected chi connectivity index (χ3v) is 4.74. The van der Waals surface area contributed by atoms with E-state index in [1.165, 1.54) is 12.1 Å². The predicted octanol–water partition coefficient (Wildman–Crippen LogP) is 3.74. The maximum atomic E-state index is 13.0. The molecule has 0 radical (unpaired) electrons. The first-order chi connectivity index (χ1) is 9.18. The van der Waals surface area contributed by atoms with E-state index in [0.717, 1.165) is 24.0 Å². The molecule has 4 rings (SSSR count). The zero-order chi connectivity index (χ0) is 13.1. The summed E-state index contributed by atoms with van der Waals surface area (Å²) < 4.78 is 13.0. The van der Waals surface area contributed by atoms with Crippen LogP contribution >= 0.6 is 0 Å². The van der Waals surface area contributed by atoms with Crippen LogP contribution in [0.2, 0.25) is 0 Å². The van der Waals surface area contributed by atoms with Crippen molar-refractivity contribution in [1.82, 2.24) is 0 Å². The largest absolute Gasteiger partial charge is 0.294 e. The lowest BCUT2D eigenvalue weighted by molar-refractivity contribution is 0.0936. The topological polar surface area (TPSA) is 17.1 Å². The zero-order valence-electron chi connectivity index (χ0n) is 10.4. The fourth-order valence-corrected chi connectivity index (χ4v) is 3.38. The smallest absolute Gasteiger partial charge is 0.169 e. The number of halogens is 1. The Morgan fingerprint density at radius 1 is 0.947 bits per heavy atom. The lowest BCUT2D eigenvalue weighted by Gasteiger charge is -2.01. The minimum Gasteiger partial charge on any atom is -0.294 e. The van der Waals surface area contributed by atoms with Crippen LogP contribution in [0.15, 0.2) is 54.6 Å². The van der Waals surface area contributed by atoms with Gasteiger partial charge in [0.2, 0.25) is 0 Å². The van der Waals surface area contributed by atoms with Gasteiger partial charge in [0.25, 0.3) is 0 Å². The van der Waals surface area contributed by atoms with Gasteiger partial charge in [-0.3, -0.25) is 4.79 Å². The van der Waals surface area contributed by atoms with E-state index in [4.69, 9.17) is 0 Å². The van der Waals surface area contributed by atoms with Gasteiger partial charge in [-0.05, 0) is 30.5 Å². The number of rotatable bonds is 3. The summed E-state index contributed by atoms with van der Waals surface area (Å²) in [6, 6.07) is 16.1. The number of hydrogen-bond donors (Lipinski definition) is 0. The second-order valence-corrected chi connectivity index (χ2v) is 5.72. The standard InChI is InChI=1S/C17H13FO/c18-14-8-6-13(7-9-14)16-10-17(16,11-16)15(19)12-4-2-1-3-5-12/h1-9H,10-11H2.